The number of ether oxygens (including phenoxy) is 2. The number of benzene rings is 1. The highest BCUT2D eigenvalue weighted by atomic mass is 35.5. The van der Waals surface area contributed by atoms with Crippen molar-refractivity contribution < 1.29 is 29.3 Å². The van der Waals surface area contributed by atoms with Crippen LogP contribution >= 0.6 is 46.4 Å². The lowest BCUT2D eigenvalue weighted by atomic mass is 9.35. The van der Waals surface area contributed by atoms with Crippen LogP contribution in [0.15, 0.2) is 0 Å². The maximum absolute atomic E-state index is 13.7. The van der Waals surface area contributed by atoms with Gasteiger partial charge in [0, 0.05) is 5.41 Å². The number of aliphatic hydroxyl groups is 1. The minimum absolute atomic E-state index is 0.0213. The van der Waals surface area contributed by atoms with E-state index in [4.69, 9.17) is 55.9 Å². The second kappa shape index (κ2) is 11.9. The number of aliphatic hydroxyl groups excluding tert-OH is 1. The highest BCUT2D eigenvalue weighted by Crippen LogP contribution is 2.76. The Morgan fingerprint density at radius 1 is 0.750 bits per heavy atom. The normalized spacial score (nSPS) is 43.1. The van der Waals surface area contributed by atoms with Gasteiger partial charge in [0.1, 0.15) is 6.10 Å². The second-order valence-corrected chi connectivity index (χ2v) is 19.6. The van der Waals surface area contributed by atoms with Crippen molar-refractivity contribution in [1.82, 2.24) is 0 Å². The van der Waals surface area contributed by atoms with Crippen molar-refractivity contribution in [3.63, 3.8) is 0 Å². The van der Waals surface area contributed by atoms with Crippen molar-refractivity contribution in [3.05, 3.63) is 31.2 Å². The molecular formula is C38H52Cl4O6. The third-order valence-electron chi connectivity index (χ3n) is 15.0. The highest BCUT2D eigenvalue weighted by Gasteiger charge is 2.72. The van der Waals surface area contributed by atoms with Crippen molar-refractivity contribution in [2.75, 3.05) is 0 Å². The number of carboxylic acid groups (broad SMARTS) is 1. The number of fused-ring (bicyclic) bond motifs is 5. The Labute approximate surface area is 305 Å². The molecule has 1 heterocycles. The third kappa shape index (κ3) is 5.22. The summed E-state index contributed by atoms with van der Waals surface area (Å²) in [5.41, 5.74) is -1.78. The molecule has 5 aliphatic rings. The van der Waals surface area contributed by atoms with Crippen LogP contribution in [0, 0.1) is 45.3 Å². The van der Waals surface area contributed by atoms with Gasteiger partial charge in [0.25, 0.3) is 0 Å². The van der Waals surface area contributed by atoms with E-state index in [-0.39, 0.29) is 64.9 Å². The molecule has 268 valence electrons. The molecule has 1 aromatic rings. The van der Waals surface area contributed by atoms with E-state index in [1.807, 2.05) is 0 Å². The Morgan fingerprint density at radius 2 is 1.35 bits per heavy atom. The van der Waals surface area contributed by atoms with Crippen molar-refractivity contribution in [2.24, 2.45) is 45.3 Å². The van der Waals surface area contributed by atoms with Gasteiger partial charge in [-0.05, 0) is 125 Å². The van der Waals surface area contributed by atoms with E-state index in [0.29, 0.717) is 18.3 Å². The number of carboxylic acids is 1. The lowest BCUT2D eigenvalue weighted by Crippen LogP contribution is -2.67. The van der Waals surface area contributed by atoms with Crippen LogP contribution in [-0.4, -0.2) is 45.6 Å². The number of rotatable bonds is 4. The summed E-state index contributed by atoms with van der Waals surface area (Å²) in [6.07, 6.45) is 8.76. The van der Waals surface area contributed by atoms with E-state index in [1.165, 1.54) is 0 Å². The molecule has 0 aromatic heterocycles. The van der Waals surface area contributed by atoms with Gasteiger partial charge in [-0.2, -0.15) is 0 Å². The third-order valence-corrected chi connectivity index (χ3v) is 16.8. The molecule has 10 atom stereocenters. The SMILES string of the molecule is CC1(C)CCC[C@](C)(C2CC[C@]3(C)C2[C@H](O)CC2[C@@]4(C)CC[C@H](OC(=O)c5c(Cl)c(Cl)c(Cl)c(Cl)c5C(=O)O)C(C)(C)C4CC[C@]23C)O1. The van der Waals surface area contributed by atoms with E-state index < -0.39 is 35.1 Å². The highest BCUT2D eigenvalue weighted by molar-refractivity contribution is 6.54. The van der Waals surface area contributed by atoms with Crippen molar-refractivity contribution in [3.8, 4) is 0 Å². The quantitative estimate of drug-likeness (QED) is 0.181. The zero-order valence-corrected chi connectivity index (χ0v) is 32.6. The van der Waals surface area contributed by atoms with Gasteiger partial charge >= 0.3 is 11.9 Å². The number of esters is 1. The Morgan fingerprint density at radius 3 is 1.96 bits per heavy atom. The maximum atomic E-state index is 13.7. The molecule has 1 aliphatic heterocycles. The van der Waals surface area contributed by atoms with Crippen LogP contribution in [0.5, 0.6) is 0 Å². The lowest BCUT2D eigenvalue weighted by Gasteiger charge is -2.70. The molecule has 4 unspecified atom stereocenters. The maximum Gasteiger partial charge on any atom is 0.340 e. The van der Waals surface area contributed by atoms with E-state index in [2.05, 4.69) is 55.4 Å². The van der Waals surface area contributed by atoms with Gasteiger partial charge in [-0.25, -0.2) is 9.59 Å². The summed E-state index contributed by atoms with van der Waals surface area (Å²) in [7, 11) is 0. The van der Waals surface area contributed by atoms with Gasteiger partial charge in [0.15, 0.2) is 0 Å². The Kier molecular flexibility index (Phi) is 9.16. The first kappa shape index (κ1) is 37.0. The molecule has 4 saturated carbocycles. The molecule has 4 aliphatic carbocycles. The Hall–Kier alpha value is -0.760. The minimum Gasteiger partial charge on any atom is -0.478 e. The molecular weight excluding hydrogens is 694 g/mol. The number of carbonyl (C=O) groups excluding carboxylic acids is 1. The van der Waals surface area contributed by atoms with Crippen LogP contribution in [0.1, 0.15) is 140 Å². The van der Waals surface area contributed by atoms with E-state index >= 15 is 0 Å². The average Bonchev–Trinajstić information content (AvgIpc) is 3.36. The summed E-state index contributed by atoms with van der Waals surface area (Å²) >= 11 is 25.0. The Balaban J connectivity index is 1.28. The summed E-state index contributed by atoms with van der Waals surface area (Å²) in [6.45, 7) is 18.5. The first-order valence-corrected chi connectivity index (χ1v) is 19.3. The van der Waals surface area contributed by atoms with Gasteiger partial charge in [-0.1, -0.05) is 81.0 Å². The molecule has 0 radical (unpaired) electrons. The number of carbonyl (C=O) groups is 2. The van der Waals surface area contributed by atoms with Gasteiger partial charge in [-0.15, -0.1) is 0 Å². The zero-order chi connectivity index (χ0) is 35.6. The zero-order valence-electron chi connectivity index (χ0n) is 29.6. The monoisotopic (exact) mass is 744 g/mol. The van der Waals surface area contributed by atoms with Crippen LogP contribution in [0.25, 0.3) is 0 Å². The fraction of sp³-hybridized carbons (Fsp3) is 0.789. The molecule has 6 nitrogen and oxygen atoms in total. The van der Waals surface area contributed by atoms with Gasteiger partial charge in [0.2, 0.25) is 0 Å². The number of hydrogen-bond donors (Lipinski definition) is 2. The van der Waals surface area contributed by atoms with Crippen LogP contribution in [-0.2, 0) is 9.47 Å². The predicted molar refractivity (Wildman–Crippen MR) is 190 cm³/mol. The van der Waals surface area contributed by atoms with Gasteiger partial charge in [-0.3, -0.25) is 0 Å². The molecule has 1 aromatic carbocycles. The first-order valence-electron chi connectivity index (χ1n) is 17.7. The molecule has 5 fully saturated rings. The largest absolute Gasteiger partial charge is 0.478 e. The minimum atomic E-state index is -1.45. The van der Waals surface area contributed by atoms with Gasteiger partial charge < -0.3 is 19.7 Å². The van der Waals surface area contributed by atoms with E-state index in [1.54, 1.807) is 0 Å². The van der Waals surface area contributed by atoms with E-state index in [0.717, 1.165) is 57.8 Å². The van der Waals surface area contributed by atoms with Gasteiger partial charge in [0.05, 0.1) is 48.5 Å². The predicted octanol–water partition coefficient (Wildman–Crippen LogP) is 10.9. The fourth-order valence-corrected chi connectivity index (χ4v) is 13.7. The molecule has 2 N–H and O–H groups in total. The molecule has 10 heteroatoms. The van der Waals surface area contributed by atoms with Crippen LogP contribution in [0.2, 0.25) is 20.1 Å². The molecule has 0 spiro atoms. The second-order valence-electron chi connectivity index (χ2n) is 18.1. The number of aromatic carboxylic acids is 1. The first-order chi connectivity index (χ1) is 22.1. The van der Waals surface area contributed by atoms with Crippen LogP contribution < -0.4 is 0 Å². The molecule has 48 heavy (non-hydrogen) atoms. The smallest absolute Gasteiger partial charge is 0.340 e. The molecule has 0 amide bonds. The number of hydrogen-bond acceptors (Lipinski definition) is 5. The average molecular weight is 747 g/mol. The topological polar surface area (TPSA) is 93.1 Å². The van der Waals surface area contributed by atoms with Crippen LogP contribution in [0.3, 0.4) is 0 Å². The van der Waals surface area contributed by atoms with Crippen molar-refractivity contribution in [1.29, 1.82) is 0 Å². The molecule has 0 bridgehead atoms. The summed E-state index contributed by atoms with van der Waals surface area (Å²) in [4.78, 5) is 25.9. The van der Waals surface area contributed by atoms with Crippen molar-refractivity contribution in [2.45, 2.75) is 143 Å². The molecule has 6 rings (SSSR count). The summed E-state index contributed by atoms with van der Waals surface area (Å²) in [5.74, 6) is -1.29. The van der Waals surface area contributed by atoms with E-state index in [9.17, 15) is 19.8 Å². The van der Waals surface area contributed by atoms with Crippen LogP contribution in [0.4, 0.5) is 0 Å². The number of halogens is 4. The van der Waals surface area contributed by atoms with Crippen molar-refractivity contribution >= 4 is 58.3 Å². The summed E-state index contributed by atoms with van der Waals surface area (Å²) < 4.78 is 13.1. The lowest BCUT2D eigenvalue weighted by molar-refractivity contribution is -0.257. The fourth-order valence-electron chi connectivity index (χ4n) is 12.7. The molecule has 1 saturated heterocycles. The standard InChI is InChI=1S/C38H52Cl4O6/c1-33(2)13-9-14-38(8,48-33)19-10-16-37(7)26(19)20(43)18-22-35(5)15-12-23(34(3,4)21(35)11-17-36(22,37)6)47-32(46)25-24(31(44)45)27(39)29(41)30(42)28(25)40/h19-23,26,43H,9-18H2,1-8H3,(H,44,45)/t19?,20-,21?,22?,23+,26?,35+,36-,37-,38-/m1/s1. The summed E-state index contributed by atoms with van der Waals surface area (Å²) in [5, 5.41) is 21.1. The Bertz CT molecular complexity index is 1530. The summed E-state index contributed by atoms with van der Waals surface area (Å²) in [6, 6.07) is 0.